The zero-order chi connectivity index (χ0) is 7.82. The molecule has 0 radical (unpaired) electrons. The number of rotatable bonds is 6. The summed E-state index contributed by atoms with van der Waals surface area (Å²) in [5.74, 6) is 0. The molecule has 0 aromatic rings. The summed E-state index contributed by atoms with van der Waals surface area (Å²) in [6, 6.07) is 0. The molecule has 0 saturated carbocycles. The van der Waals surface area contributed by atoms with Gasteiger partial charge in [-0.3, -0.25) is 0 Å². The molecule has 0 nitrogen and oxygen atoms in total. The van der Waals surface area contributed by atoms with Gasteiger partial charge in [-0.25, -0.2) is 0 Å². The van der Waals surface area contributed by atoms with Crippen molar-refractivity contribution in [2.75, 3.05) is 0 Å². The summed E-state index contributed by atoms with van der Waals surface area (Å²) >= 11 is 3.54. The first-order valence-electron chi connectivity index (χ1n) is 4.41. The fourth-order valence-electron chi connectivity index (χ4n) is 1.03. The number of unbranched alkanes of at least 4 members (excludes halogenated alkanes) is 4. The van der Waals surface area contributed by atoms with E-state index in [0.717, 1.165) is 0 Å². The molecule has 0 unspecified atom stereocenters. The molecule has 1 atom stereocenters. The maximum absolute atomic E-state index is 3.54. The van der Waals surface area contributed by atoms with Crippen molar-refractivity contribution in [3.8, 4) is 0 Å². The van der Waals surface area contributed by atoms with E-state index in [1.165, 1.54) is 38.5 Å². The number of alkyl halides is 1. The van der Waals surface area contributed by atoms with Crippen LogP contribution in [0, 0.1) is 0 Å². The summed E-state index contributed by atoms with van der Waals surface area (Å²) in [4.78, 5) is 0.717. The Kier molecular flexibility index (Phi) is 7.95. The van der Waals surface area contributed by atoms with E-state index < -0.39 is 0 Å². The lowest BCUT2D eigenvalue weighted by atomic mass is 10.1. The number of hydrogen-bond donors (Lipinski definition) is 0. The Morgan fingerprint density at radius 1 is 1.10 bits per heavy atom. The SMILES string of the molecule is CCCCCCC[C@@H](C)Br. The summed E-state index contributed by atoms with van der Waals surface area (Å²) < 4.78 is 0. The van der Waals surface area contributed by atoms with Crippen molar-refractivity contribution in [1.29, 1.82) is 0 Å². The smallest absolute Gasteiger partial charge is 0.0117 e. The van der Waals surface area contributed by atoms with E-state index in [9.17, 15) is 0 Å². The molecule has 10 heavy (non-hydrogen) atoms. The summed E-state index contributed by atoms with van der Waals surface area (Å²) in [7, 11) is 0. The van der Waals surface area contributed by atoms with Gasteiger partial charge in [0.25, 0.3) is 0 Å². The van der Waals surface area contributed by atoms with Crippen LogP contribution >= 0.6 is 15.9 Å². The average molecular weight is 207 g/mol. The molecule has 0 spiro atoms. The molecule has 0 aliphatic heterocycles. The van der Waals surface area contributed by atoms with Crippen molar-refractivity contribution >= 4 is 15.9 Å². The van der Waals surface area contributed by atoms with Gasteiger partial charge in [0.1, 0.15) is 0 Å². The van der Waals surface area contributed by atoms with Crippen LogP contribution in [0.1, 0.15) is 52.4 Å². The van der Waals surface area contributed by atoms with Crippen molar-refractivity contribution in [2.45, 2.75) is 57.2 Å². The Morgan fingerprint density at radius 2 is 1.70 bits per heavy atom. The van der Waals surface area contributed by atoms with Crippen molar-refractivity contribution in [3.05, 3.63) is 0 Å². The van der Waals surface area contributed by atoms with E-state index in [2.05, 4.69) is 29.8 Å². The molecule has 0 heterocycles. The highest BCUT2D eigenvalue weighted by atomic mass is 79.9. The van der Waals surface area contributed by atoms with E-state index >= 15 is 0 Å². The van der Waals surface area contributed by atoms with Crippen LogP contribution in [0.2, 0.25) is 0 Å². The summed E-state index contributed by atoms with van der Waals surface area (Å²) in [5, 5.41) is 0. The van der Waals surface area contributed by atoms with Gasteiger partial charge in [0.2, 0.25) is 0 Å². The Bertz CT molecular complexity index is 59.7. The highest BCUT2D eigenvalue weighted by molar-refractivity contribution is 9.09. The molecular formula is C9H19Br. The van der Waals surface area contributed by atoms with Gasteiger partial charge in [-0.15, -0.1) is 0 Å². The van der Waals surface area contributed by atoms with E-state index in [4.69, 9.17) is 0 Å². The van der Waals surface area contributed by atoms with Crippen LogP contribution in [-0.2, 0) is 0 Å². The predicted octanol–water partition coefficient (Wildman–Crippen LogP) is 4.13. The summed E-state index contributed by atoms with van der Waals surface area (Å²) in [6.07, 6.45) is 8.34. The Hall–Kier alpha value is 0.480. The Labute approximate surface area is 73.5 Å². The Morgan fingerprint density at radius 3 is 2.20 bits per heavy atom. The molecule has 0 bridgehead atoms. The van der Waals surface area contributed by atoms with Crippen molar-refractivity contribution in [1.82, 2.24) is 0 Å². The number of halogens is 1. The van der Waals surface area contributed by atoms with E-state index in [1.54, 1.807) is 0 Å². The molecule has 0 saturated heterocycles. The zero-order valence-corrected chi connectivity index (χ0v) is 8.78. The highest BCUT2D eigenvalue weighted by Crippen LogP contribution is 2.11. The van der Waals surface area contributed by atoms with Gasteiger partial charge in [-0.2, -0.15) is 0 Å². The lowest BCUT2D eigenvalue weighted by molar-refractivity contribution is 0.608. The van der Waals surface area contributed by atoms with Crippen molar-refractivity contribution in [3.63, 3.8) is 0 Å². The van der Waals surface area contributed by atoms with E-state index in [1.807, 2.05) is 0 Å². The van der Waals surface area contributed by atoms with Gasteiger partial charge < -0.3 is 0 Å². The monoisotopic (exact) mass is 206 g/mol. The topological polar surface area (TPSA) is 0 Å². The van der Waals surface area contributed by atoms with E-state index in [0.29, 0.717) is 4.83 Å². The second-order valence-corrected chi connectivity index (χ2v) is 4.55. The largest absolute Gasteiger partial charge is 0.0894 e. The number of hydrogen-bond acceptors (Lipinski definition) is 0. The first-order chi connectivity index (χ1) is 4.77. The normalized spacial score (nSPS) is 13.5. The quantitative estimate of drug-likeness (QED) is 0.453. The van der Waals surface area contributed by atoms with Gasteiger partial charge in [-0.05, 0) is 6.42 Å². The van der Waals surface area contributed by atoms with Gasteiger partial charge >= 0.3 is 0 Å². The molecule has 0 aliphatic carbocycles. The first kappa shape index (κ1) is 10.5. The third kappa shape index (κ3) is 8.48. The fraction of sp³-hybridized carbons (Fsp3) is 1.00. The molecule has 0 aromatic carbocycles. The van der Waals surface area contributed by atoms with Crippen LogP contribution in [0.3, 0.4) is 0 Å². The van der Waals surface area contributed by atoms with Crippen LogP contribution < -0.4 is 0 Å². The average Bonchev–Trinajstić information content (AvgIpc) is 1.87. The second kappa shape index (κ2) is 7.59. The summed E-state index contributed by atoms with van der Waals surface area (Å²) in [5.41, 5.74) is 0. The minimum Gasteiger partial charge on any atom is -0.0894 e. The van der Waals surface area contributed by atoms with Gasteiger partial charge in [0.05, 0.1) is 0 Å². The van der Waals surface area contributed by atoms with Crippen LogP contribution in [0.25, 0.3) is 0 Å². The van der Waals surface area contributed by atoms with Gasteiger partial charge in [0, 0.05) is 4.83 Å². The van der Waals surface area contributed by atoms with Gasteiger partial charge in [-0.1, -0.05) is 61.9 Å². The van der Waals surface area contributed by atoms with Crippen LogP contribution in [0.15, 0.2) is 0 Å². The molecule has 0 amide bonds. The van der Waals surface area contributed by atoms with Crippen LogP contribution in [-0.4, -0.2) is 4.83 Å². The molecule has 1 heteroatoms. The van der Waals surface area contributed by atoms with Crippen LogP contribution in [0.5, 0.6) is 0 Å². The van der Waals surface area contributed by atoms with E-state index in [-0.39, 0.29) is 0 Å². The molecule has 0 N–H and O–H groups in total. The summed E-state index contributed by atoms with van der Waals surface area (Å²) in [6.45, 7) is 4.48. The zero-order valence-electron chi connectivity index (χ0n) is 7.20. The maximum Gasteiger partial charge on any atom is 0.0117 e. The maximum atomic E-state index is 3.54. The standard InChI is InChI=1S/C9H19Br/c1-3-4-5-6-7-8-9(2)10/h9H,3-8H2,1-2H3/t9-/m1/s1. The third-order valence-corrected chi connectivity index (χ3v) is 2.16. The molecule has 0 aliphatic rings. The van der Waals surface area contributed by atoms with Crippen molar-refractivity contribution < 1.29 is 0 Å². The first-order valence-corrected chi connectivity index (χ1v) is 5.33. The predicted molar refractivity (Wildman–Crippen MR) is 51.8 cm³/mol. The molecule has 0 fully saturated rings. The minimum atomic E-state index is 0.717. The lowest BCUT2D eigenvalue weighted by Gasteiger charge is -2.01. The molecule has 0 rings (SSSR count). The third-order valence-electron chi connectivity index (χ3n) is 1.71. The molecule has 0 aromatic heterocycles. The van der Waals surface area contributed by atoms with Gasteiger partial charge in [0.15, 0.2) is 0 Å². The fourth-order valence-corrected chi connectivity index (χ4v) is 1.35. The molecular weight excluding hydrogens is 188 g/mol. The second-order valence-electron chi connectivity index (χ2n) is 2.98. The lowest BCUT2D eigenvalue weighted by Crippen LogP contribution is -1.88. The minimum absolute atomic E-state index is 0.717. The highest BCUT2D eigenvalue weighted by Gasteiger charge is 1.94. The van der Waals surface area contributed by atoms with Crippen LogP contribution in [0.4, 0.5) is 0 Å². The Balaban J connectivity index is 2.77. The van der Waals surface area contributed by atoms with Crippen molar-refractivity contribution in [2.24, 2.45) is 0 Å². The molecule has 62 valence electrons.